The minimum atomic E-state index is -0.582. The van der Waals surface area contributed by atoms with E-state index in [0.717, 1.165) is 14.8 Å². The first-order valence-electron chi connectivity index (χ1n) is 5.02. The Morgan fingerprint density at radius 3 is 2.88 bits per heavy atom. The van der Waals surface area contributed by atoms with E-state index in [1.54, 1.807) is 14.0 Å². The number of aliphatic hydroxyl groups excluding tert-OH is 1. The van der Waals surface area contributed by atoms with Crippen LogP contribution >= 0.6 is 23.3 Å². The Hall–Kier alpha value is -1.11. The zero-order valence-electron chi connectivity index (χ0n) is 9.45. The van der Waals surface area contributed by atoms with Crippen molar-refractivity contribution in [2.75, 3.05) is 7.11 Å². The number of nitrogens with zero attached hydrogens (tertiary/aromatic N) is 2. The van der Waals surface area contributed by atoms with E-state index < -0.39 is 6.10 Å². The lowest BCUT2D eigenvalue weighted by atomic mass is 10.1. The lowest BCUT2D eigenvalue weighted by Gasteiger charge is -2.14. The summed E-state index contributed by atoms with van der Waals surface area (Å²) in [5, 5.41) is 9.82. The average Bonchev–Trinajstić information content (AvgIpc) is 2.81. The van der Waals surface area contributed by atoms with Crippen LogP contribution in [0, 0.1) is 0 Å². The van der Waals surface area contributed by atoms with Gasteiger partial charge in [0.1, 0.15) is 12.1 Å². The van der Waals surface area contributed by atoms with E-state index in [0.29, 0.717) is 5.75 Å². The van der Waals surface area contributed by atoms with E-state index in [4.69, 9.17) is 4.74 Å². The van der Waals surface area contributed by atoms with Crippen molar-refractivity contribution in [2.45, 2.75) is 22.3 Å². The number of aromatic nitrogens is 2. The molecule has 0 unspecified atom stereocenters. The fourth-order valence-electron chi connectivity index (χ4n) is 1.50. The second-order valence-electron chi connectivity index (χ2n) is 3.36. The Bertz CT molecular complexity index is 486. The van der Waals surface area contributed by atoms with Crippen molar-refractivity contribution < 1.29 is 9.84 Å². The molecule has 2 aromatic rings. The van der Waals surface area contributed by atoms with Gasteiger partial charge in [0.05, 0.1) is 13.2 Å². The molecule has 0 amide bonds. The number of rotatable bonds is 4. The third-order valence-corrected chi connectivity index (χ3v) is 3.99. The summed E-state index contributed by atoms with van der Waals surface area (Å²) < 4.78 is 10.1. The van der Waals surface area contributed by atoms with Crippen LogP contribution in [0.3, 0.4) is 0 Å². The summed E-state index contributed by atoms with van der Waals surface area (Å²) in [6, 6.07) is 5.68. The SMILES string of the molecule is COc1cccc(Sc2ncns2)c1[C@@H](C)O. The number of ether oxygens (including phenoxy) is 1. The Kier molecular flexibility index (Phi) is 3.98. The summed E-state index contributed by atoms with van der Waals surface area (Å²) in [5.74, 6) is 0.689. The van der Waals surface area contributed by atoms with E-state index in [9.17, 15) is 5.11 Å². The quantitative estimate of drug-likeness (QED) is 0.924. The van der Waals surface area contributed by atoms with Crippen molar-refractivity contribution in [2.24, 2.45) is 0 Å². The number of benzene rings is 1. The maximum Gasteiger partial charge on any atom is 0.174 e. The normalized spacial score (nSPS) is 12.4. The van der Waals surface area contributed by atoms with Gasteiger partial charge in [-0.25, -0.2) is 4.98 Å². The van der Waals surface area contributed by atoms with Crippen molar-refractivity contribution in [1.29, 1.82) is 0 Å². The number of hydrogen-bond donors (Lipinski definition) is 1. The summed E-state index contributed by atoms with van der Waals surface area (Å²) in [6.07, 6.45) is 0.941. The van der Waals surface area contributed by atoms with Gasteiger partial charge in [-0.05, 0) is 30.6 Å². The topological polar surface area (TPSA) is 55.2 Å². The molecule has 1 atom stereocenters. The molecule has 0 fully saturated rings. The molecule has 0 aliphatic rings. The molecule has 90 valence electrons. The molecule has 1 N–H and O–H groups in total. The minimum Gasteiger partial charge on any atom is -0.496 e. The van der Waals surface area contributed by atoms with Crippen molar-refractivity contribution in [1.82, 2.24) is 9.36 Å². The molecule has 1 aromatic heterocycles. The summed E-state index contributed by atoms with van der Waals surface area (Å²) in [6.45, 7) is 1.72. The van der Waals surface area contributed by atoms with Crippen LogP contribution in [0.2, 0.25) is 0 Å². The first-order valence-corrected chi connectivity index (χ1v) is 6.61. The fraction of sp³-hybridized carbons (Fsp3) is 0.273. The fourth-order valence-corrected chi connectivity index (χ4v) is 3.15. The van der Waals surface area contributed by atoms with Gasteiger partial charge in [-0.2, -0.15) is 4.37 Å². The molecule has 6 heteroatoms. The van der Waals surface area contributed by atoms with Crippen LogP contribution in [0.25, 0.3) is 0 Å². The first-order chi connectivity index (χ1) is 8.22. The molecule has 0 saturated heterocycles. The molecule has 1 heterocycles. The Morgan fingerprint density at radius 2 is 2.29 bits per heavy atom. The average molecular weight is 268 g/mol. The predicted octanol–water partition coefficient (Wildman–Crippen LogP) is 2.75. The predicted molar refractivity (Wildman–Crippen MR) is 67.7 cm³/mol. The molecule has 0 radical (unpaired) electrons. The van der Waals surface area contributed by atoms with E-state index in [1.165, 1.54) is 29.6 Å². The third-order valence-electron chi connectivity index (χ3n) is 2.20. The second kappa shape index (κ2) is 5.48. The lowest BCUT2D eigenvalue weighted by molar-refractivity contribution is 0.191. The molecule has 0 aliphatic carbocycles. The largest absolute Gasteiger partial charge is 0.496 e. The van der Waals surface area contributed by atoms with E-state index in [2.05, 4.69) is 9.36 Å². The van der Waals surface area contributed by atoms with Crippen molar-refractivity contribution in [3.8, 4) is 5.75 Å². The highest BCUT2D eigenvalue weighted by Crippen LogP contribution is 2.38. The highest BCUT2D eigenvalue weighted by Gasteiger charge is 2.15. The number of hydrogen-bond acceptors (Lipinski definition) is 6. The first kappa shape index (κ1) is 12.3. The van der Waals surface area contributed by atoms with Gasteiger partial charge < -0.3 is 9.84 Å². The molecular weight excluding hydrogens is 256 g/mol. The van der Waals surface area contributed by atoms with Crippen LogP contribution < -0.4 is 4.74 Å². The summed E-state index contributed by atoms with van der Waals surface area (Å²) in [5.41, 5.74) is 0.787. The highest BCUT2D eigenvalue weighted by atomic mass is 32.2. The van der Waals surface area contributed by atoms with Crippen LogP contribution in [0.15, 0.2) is 33.8 Å². The Labute approximate surface area is 108 Å². The van der Waals surface area contributed by atoms with E-state index in [-0.39, 0.29) is 0 Å². The molecule has 0 spiro atoms. The molecule has 0 saturated carbocycles. The standard InChI is InChI=1S/C11H12N2O2S2/c1-7(14)10-8(15-2)4-3-5-9(10)16-11-12-6-13-17-11/h3-7,14H,1-2H3/t7-/m1/s1. The van der Waals surface area contributed by atoms with Gasteiger partial charge >= 0.3 is 0 Å². The maximum absolute atomic E-state index is 9.82. The molecule has 1 aromatic carbocycles. The Balaban J connectivity index is 2.39. The van der Waals surface area contributed by atoms with Gasteiger partial charge in [0.2, 0.25) is 0 Å². The zero-order valence-corrected chi connectivity index (χ0v) is 11.1. The summed E-state index contributed by atoms with van der Waals surface area (Å²) in [7, 11) is 1.60. The van der Waals surface area contributed by atoms with Crippen molar-refractivity contribution >= 4 is 23.3 Å². The van der Waals surface area contributed by atoms with Gasteiger partial charge in [0.15, 0.2) is 4.34 Å². The van der Waals surface area contributed by atoms with Crippen LogP contribution in [-0.2, 0) is 0 Å². The third kappa shape index (κ3) is 2.77. The zero-order chi connectivity index (χ0) is 12.3. The van der Waals surface area contributed by atoms with Crippen molar-refractivity contribution in [3.63, 3.8) is 0 Å². The van der Waals surface area contributed by atoms with Gasteiger partial charge in [-0.15, -0.1) is 0 Å². The number of methoxy groups -OCH3 is 1. The highest BCUT2D eigenvalue weighted by molar-refractivity contribution is 8.01. The van der Waals surface area contributed by atoms with Crippen molar-refractivity contribution in [3.05, 3.63) is 30.1 Å². The van der Waals surface area contributed by atoms with Crippen LogP contribution in [-0.4, -0.2) is 21.6 Å². The molecular formula is C11H12N2O2S2. The van der Waals surface area contributed by atoms with Gasteiger partial charge in [0.25, 0.3) is 0 Å². The van der Waals surface area contributed by atoms with E-state index in [1.807, 2.05) is 18.2 Å². The lowest BCUT2D eigenvalue weighted by Crippen LogP contribution is -1.98. The van der Waals surface area contributed by atoms with Crippen LogP contribution in [0.4, 0.5) is 0 Å². The maximum atomic E-state index is 9.82. The minimum absolute atomic E-state index is 0.582. The summed E-state index contributed by atoms with van der Waals surface area (Å²) in [4.78, 5) is 5.06. The van der Waals surface area contributed by atoms with Gasteiger partial charge in [0, 0.05) is 10.5 Å². The molecule has 4 nitrogen and oxygen atoms in total. The smallest absolute Gasteiger partial charge is 0.174 e. The number of aliphatic hydroxyl groups is 1. The van der Waals surface area contributed by atoms with Crippen LogP contribution in [0.1, 0.15) is 18.6 Å². The Morgan fingerprint density at radius 1 is 1.47 bits per heavy atom. The van der Waals surface area contributed by atoms with Gasteiger partial charge in [-0.1, -0.05) is 17.8 Å². The molecule has 0 bridgehead atoms. The second-order valence-corrected chi connectivity index (χ2v) is 5.43. The molecule has 2 rings (SSSR count). The summed E-state index contributed by atoms with van der Waals surface area (Å²) >= 11 is 2.81. The van der Waals surface area contributed by atoms with E-state index >= 15 is 0 Å². The monoisotopic (exact) mass is 268 g/mol. The molecule has 0 aliphatic heterocycles. The van der Waals surface area contributed by atoms with Crippen LogP contribution in [0.5, 0.6) is 5.75 Å². The van der Waals surface area contributed by atoms with Gasteiger partial charge in [-0.3, -0.25) is 0 Å². The molecule has 17 heavy (non-hydrogen) atoms.